The molecular weight excluding hydrogens is 829 g/mol. The Bertz CT molecular complexity index is 1600. The normalized spacial score (nSPS) is 14.8. The van der Waals surface area contributed by atoms with E-state index in [0.29, 0.717) is 19.3 Å². The SMILES string of the molecule is CC/C=C\C/C=C\C/C=C\C/C=C\C/C=C\C/C=C\CCC(=O)OC[C@H](COP(=O)(O)OC[C@H](N)C(=O)O)OC(=O)CC/C=C\C/C=C\C/C=C\C/C=C\C/C=C\C/C=C\CC.[Na]. The van der Waals surface area contributed by atoms with Crippen LogP contribution in [0.5, 0.6) is 0 Å². The van der Waals surface area contributed by atoms with Gasteiger partial charge in [-0.05, 0) is 89.9 Å². The molecule has 0 rings (SSSR count). The number of carbonyl (C=O) groups is 3. The van der Waals surface area contributed by atoms with Crippen molar-refractivity contribution in [2.24, 2.45) is 5.73 Å². The number of nitrogens with two attached hydrogens (primary N) is 1. The van der Waals surface area contributed by atoms with Crippen molar-refractivity contribution in [2.45, 2.75) is 129 Å². The van der Waals surface area contributed by atoms with Crippen molar-refractivity contribution in [3.63, 3.8) is 0 Å². The van der Waals surface area contributed by atoms with Crippen LogP contribution in [-0.2, 0) is 37.5 Å². The van der Waals surface area contributed by atoms with Crippen LogP contribution in [0.1, 0.15) is 117 Å². The van der Waals surface area contributed by atoms with Gasteiger partial charge in [0.25, 0.3) is 0 Å². The summed E-state index contributed by atoms with van der Waals surface area (Å²) in [4.78, 5) is 45.9. The molecule has 0 aliphatic carbocycles. The van der Waals surface area contributed by atoms with E-state index < -0.39 is 57.7 Å². The van der Waals surface area contributed by atoms with Gasteiger partial charge in [-0.1, -0.05) is 160 Å². The number of ether oxygens (including phenoxy) is 2. The average Bonchev–Trinajstić information content (AvgIpc) is 3.25. The maximum absolute atomic E-state index is 12.6. The first-order chi connectivity index (χ1) is 30.1. The number of phosphoric acid groups is 1. The molecule has 1 unspecified atom stereocenters. The largest absolute Gasteiger partial charge is 0.480 e. The molecule has 0 fully saturated rings. The van der Waals surface area contributed by atoms with Crippen molar-refractivity contribution in [3.8, 4) is 0 Å². The molecule has 0 saturated carbocycles. The number of phosphoric ester groups is 1. The molecule has 63 heavy (non-hydrogen) atoms. The van der Waals surface area contributed by atoms with Gasteiger partial charge in [-0.2, -0.15) is 0 Å². The summed E-state index contributed by atoms with van der Waals surface area (Å²) in [5, 5.41) is 8.89. The van der Waals surface area contributed by atoms with Crippen LogP contribution in [0, 0.1) is 0 Å². The van der Waals surface area contributed by atoms with E-state index in [0.717, 1.165) is 70.6 Å². The molecule has 0 aromatic carbocycles. The summed E-state index contributed by atoms with van der Waals surface area (Å²) in [6.07, 6.45) is 60.9. The van der Waals surface area contributed by atoms with Crippen molar-refractivity contribution in [1.29, 1.82) is 0 Å². The van der Waals surface area contributed by atoms with Gasteiger partial charge in [-0.3, -0.25) is 23.4 Å². The van der Waals surface area contributed by atoms with Crippen LogP contribution >= 0.6 is 7.82 Å². The summed E-state index contributed by atoms with van der Waals surface area (Å²) < 4.78 is 32.5. The van der Waals surface area contributed by atoms with Gasteiger partial charge < -0.3 is 25.2 Å². The van der Waals surface area contributed by atoms with Crippen molar-refractivity contribution in [2.75, 3.05) is 19.8 Å². The summed E-state index contributed by atoms with van der Waals surface area (Å²) in [5.74, 6) is -2.62. The molecule has 0 heterocycles. The molecule has 3 atom stereocenters. The molecule has 1 radical (unpaired) electrons. The van der Waals surface area contributed by atoms with E-state index in [1.807, 2.05) is 36.5 Å². The van der Waals surface area contributed by atoms with Gasteiger partial charge in [0.15, 0.2) is 6.10 Å². The first-order valence-corrected chi connectivity index (χ1v) is 23.4. The third-order valence-electron chi connectivity index (χ3n) is 8.11. The summed E-state index contributed by atoms with van der Waals surface area (Å²) in [5.41, 5.74) is 5.32. The first kappa shape index (κ1) is 61.4. The molecule has 0 aliphatic rings. The summed E-state index contributed by atoms with van der Waals surface area (Å²) in [6.45, 7) is 2.39. The molecule has 0 saturated heterocycles. The molecule has 0 aromatic rings. The zero-order valence-electron chi connectivity index (χ0n) is 38.1. The molecule has 345 valence electrons. The summed E-state index contributed by atoms with van der Waals surface area (Å²) in [6, 6.07) is -1.55. The number of carboxylic acid groups (broad SMARTS) is 1. The Morgan fingerprint density at radius 3 is 1.13 bits per heavy atom. The molecule has 4 N–H and O–H groups in total. The van der Waals surface area contributed by atoms with E-state index in [2.05, 4.69) is 128 Å². The second-order valence-electron chi connectivity index (χ2n) is 13.7. The molecule has 0 aliphatic heterocycles. The fourth-order valence-electron chi connectivity index (χ4n) is 4.76. The number of allylic oxidation sites excluding steroid dienone is 24. The standard InChI is InChI=1S/C50H74NO10P.Na/c1-3-5-7-9-11-13-15-17-19-21-23-25-27-29-31-33-35-37-39-41-48(52)58-43-46(44-59-62(56,57)60-45-47(51)50(54)55)61-49(53)42-40-38-36-34-32-30-28-26-24-22-20-18-16-14-12-10-8-6-4-2;/h5-8,11-14,17-20,23-26,29-32,35-38,46-47H,3-4,9-10,15-16,21-22,27-28,33-34,39-45,51H2,1-2H3,(H,54,55)(H,56,57);/b7-5-,8-6-,13-11-,14-12-,19-17-,20-18-,25-23-,26-24-,31-29-,32-30-,37-35-,38-36-;/t46-,47+;/m1./s1. The van der Waals surface area contributed by atoms with Gasteiger partial charge >= 0.3 is 25.7 Å². The van der Waals surface area contributed by atoms with Gasteiger partial charge in [0.2, 0.25) is 0 Å². The maximum Gasteiger partial charge on any atom is 0.472 e. The van der Waals surface area contributed by atoms with Crippen LogP contribution < -0.4 is 5.73 Å². The van der Waals surface area contributed by atoms with Crippen LogP contribution in [0.3, 0.4) is 0 Å². The molecule has 0 amide bonds. The minimum absolute atomic E-state index is 0. The fraction of sp³-hybridized carbons (Fsp3) is 0.460. The first-order valence-electron chi connectivity index (χ1n) is 21.9. The fourth-order valence-corrected chi connectivity index (χ4v) is 5.54. The number of carbonyl (C=O) groups excluding carboxylic acids is 2. The Labute approximate surface area is 400 Å². The van der Waals surface area contributed by atoms with E-state index in [4.69, 9.17) is 24.8 Å². The van der Waals surface area contributed by atoms with E-state index in [1.165, 1.54) is 0 Å². The maximum atomic E-state index is 12.6. The van der Waals surface area contributed by atoms with Gasteiger partial charge in [-0.25, -0.2) is 4.57 Å². The topological polar surface area (TPSA) is 172 Å². The van der Waals surface area contributed by atoms with Crippen LogP contribution in [-0.4, -0.2) is 89.4 Å². The Balaban J connectivity index is 0. The van der Waals surface area contributed by atoms with E-state index >= 15 is 0 Å². The minimum atomic E-state index is -4.77. The van der Waals surface area contributed by atoms with Crippen molar-refractivity contribution < 1.29 is 47.5 Å². The molecule has 13 heteroatoms. The van der Waals surface area contributed by atoms with E-state index in [1.54, 1.807) is 0 Å². The molecule has 0 aromatic heterocycles. The predicted octanol–water partition coefficient (Wildman–Crippen LogP) is 11.6. The molecular formula is C50H74NNaO10P. The third kappa shape index (κ3) is 46.2. The molecule has 0 bridgehead atoms. The van der Waals surface area contributed by atoms with Crippen molar-refractivity contribution in [1.82, 2.24) is 0 Å². The second kappa shape index (κ2) is 46.4. The van der Waals surface area contributed by atoms with Gasteiger partial charge in [-0.15, -0.1) is 0 Å². The Hall–Kier alpha value is -3.64. The summed E-state index contributed by atoms with van der Waals surface area (Å²) >= 11 is 0. The minimum Gasteiger partial charge on any atom is -0.480 e. The van der Waals surface area contributed by atoms with E-state index in [9.17, 15) is 23.8 Å². The molecule has 11 nitrogen and oxygen atoms in total. The molecule has 0 spiro atoms. The zero-order chi connectivity index (χ0) is 45.6. The number of esters is 2. The number of hydrogen-bond acceptors (Lipinski definition) is 9. The monoisotopic (exact) mass is 902 g/mol. The Morgan fingerprint density at radius 2 is 0.794 bits per heavy atom. The second-order valence-corrected chi connectivity index (χ2v) is 15.2. The summed E-state index contributed by atoms with van der Waals surface area (Å²) in [7, 11) is -4.77. The van der Waals surface area contributed by atoms with Gasteiger partial charge in [0, 0.05) is 42.4 Å². The van der Waals surface area contributed by atoms with E-state index in [-0.39, 0.29) is 42.4 Å². The quantitative estimate of drug-likeness (QED) is 0.0233. The smallest absolute Gasteiger partial charge is 0.472 e. The number of carboxylic acids is 1. The van der Waals surface area contributed by atoms with Crippen molar-refractivity contribution >= 4 is 55.3 Å². The third-order valence-corrected chi connectivity index (χ3v) is 9.06. The zero-order valence-corrected chi connectivity index (χ0v) is 41.0. The van der Waals surface area contributed by atoms with Crippen LogP contribution in [0.4, 0.5) is 0 Å². The Morgan fingerprint density at radius 1 is 0.492 bits per heavy atom. The predicted molar refractivity (Wildman–Crippen MR) is 259 cm³/mol. The number of hydrogen-bond donors (Lipinski definition) is 3. The van der Waals surface area contributed by atoms with Crippen LogP contribution in [0.15, 0.2) is 146 Å². The van der Waals surface area contributed by atoms with Gasteiger partial charge in [0.05, 0.1) is 13.2 Å². The Kier molecular flexibility index (Phi) is 45.2. The average molecular weight is 903 g/mol. The van der Waals surface area contributed by atoms with Crippen LogP contribution in [0.2, 0.25) is 0 Å². The number of rotatable bonds is 38. The van der Waals surface area contributed by atoms with Crippen molar-refractivity contribution in [3.05, 3.63) is 146 Å². The number of aliphatic carboxylic acids is 1. The van der Waals surface area contributed by atoms with Gasteiger partial charge in [0.1, 0.15) is 12.6 Å². The van der Waals surface area contributed by atoms with Crippen LogP contribution in [0.25, 0.3) is 0 Å².